The molecule has 0 saturated heterocycles. The summed E-state index contributed by atoms with van der Waals surface area (Å²) in [7, 11) is 0. The number of anilines is 6. The molecule has 8 heteroatoms. The molecule has 8 aromatic carbocycles. The van der Waals surface area contributed by atoms with E-state index >= 15 is 0 Å². The largest absolute Gasteiger partial charge is 0.453 e. The highest BCUT2D eigenvalue weighted by molar-refractivity contribution is 6.22. The summed E-state index contributed by atoms with van der Waals surface area (Å²) < 4.78 is 12.8. The molecule has 2 aliphatic rings. The fourth-order valence-corrected chi connectivity index (χ4v) is 8.98. The molecule has 62 heavy (non-hydrogen) atoms. The standard InChI is InChI=1S/C54H32N6O2/c1-3-15-33(16-4-1)37-31-39-40(32-38(37)34-17-5-2-6-18-34)56-52-36-28-30-50(60-43-21-9-13-25-47(43)62-48-26-14-10-22-44(48)60)58-54(36)53-35(51(52)55-39)27-29-49(57-53)59-41-19-7-11-23-45(41)61-46-24-12-8-20-42(46)59/h1-32H. The molecule has 0 spiro atoms. The molecule has 0 atom stereocenters. The number of ether oxygens (including phenoxy) is 2. The number of fused-ring (bicyclic) bond motifs is 11. The normalized spacial score (nSPS) is 12.7. The van der Waals surface area contributed by atoms with Crippen molar-refractivity contribution in [1.82, 2.24) is 19.9 Å². The van der Waals surface area contributed by atoms with Crippen molar-refractivity contribution in [3.8, 4) is 45.3 Å². The lowest BCUT2D eigenvalue weighted by Crippen LogP contribution is -2.17. The predicted molar refractivity (Wildman–Crippen MR) is 248 cm³/mol. The Morgan fingerprint density at radius 3 is 1.00 bits per heavy atom. The number of aromatic nitrogens is 4. The minimum atomic E-state index is 0.709. The summed E-state index contributed by atoms with van der Waals surface area (Å²) in [5, 5.41) is 1.70. The summed E-state index contributed by atoms with van der Waals surface area (Å²) in [5.41, 5.74) is 12.5. The maximum absolute atomic E-state index is 6.39. The third-order valence-electron chi connectivity index (χ3n) is 11.8. The van der Waals surface area contributed by atoms with Gasteiger partial charge in [-0.3, -0.25) is 9.80 Å². The van der Waals surface area contributed by atoms with Gasteiger partial charge in [0.1, 0.15) is 22.7 Å². The Morgan fingerprint density at radius 2 is 0.629 bits per heavy atom. The molecule has 0 unspecified atom stereocenters. The quantitative estimate of drug-likeness (QED) is 0.129. The van der Waals surface area contributed by atoms with Gasteiger partial charge in [0.2, 0.25) is 0 Å². The molecule has 13 rings (SSSR count). The smallest absolute Gasteiger partial charge is 0.151 e. The maximum atomic E-state index is 6.39. The van der Waals surface area contributed by atoms with Crippen LogP contribution < -0.4 is 19.3 Å². The van der Waals surface area contributed by atoms with E-state index in [0.29, 0.717) is 11.0 Å². The van der Waals surface area contributed by atoms with E-state index in [4.69, 9.17) is 29.4 Å². The van der Waals surface area contributed by atoms with Gasteiger partial charge in [-0.25, -0.2) is 19.9 Å². The van der Waals surface area contributed by atoms with Gasteiger partial charge in [0, 0.05) is 10.8 Å². The lowest BCUT2D eigenvalue weighted by atomic mass is 9.93. The zero-order chi connectivity index (χ0) is 40.7. The highest BCUT2D eigenvalue weighted by Crippen LogP contribution is 2.52. The third-order valence-corrected chi connectivity index (χ3v) is 11.8. The van der Waals surface area contributed by atoms with Gasteiger partial charge in [-0.1, -0.05) is 109 Å². The molecule has 0 amide bonds. The van der Waals surface area contributed by atoms with Crippen LogP contribution in [0.3, 0.4) is 0 Å². The van der Waals surface area contributed by atoms with Crippen LogP contribution >= 0.6 is 0 Å². The summed E-state index contributed by atoms with van der Waals surface area (Å²) >= 11 is 0. The number of rotatable bonds is 4. The molecule has 11 aromatic rings. The van der Waals surface area contributed by atoms with Gasteiger partial charge in [-0.05, 0) is 107 Å². The van der Waals surface area contributed by atoms with Crippen molar-refractivity contribution in [2.45, 2.75) is 0 Å². The first kappa shape index (κ1) is 34.3. The molecular weight excluding hydrogens is 765 g/mol. The molecule has 0 aliphatic carbocycles. The number of para-hydroxylation sites is 8. The van der Waals surface area contributed by atoms with Crippen LogP contribution in [0.5, 0.6) is 23.0 Å². The molecule has 0 saturated carbocycles. The van der Waals surface area contributed by atoms with Gasteiger partial charge >= 0.3 is 0 Å². The van der Waals surface area contributed by atoms with Gasteiger partial charge in [0.15, 0.2) is 23.0 Å². The zero-order valence-corrected chi connectivity index (χ0v) is 33.0. The molecule has 2 aliphatic heterocycles. The Balaban J connectivity index is 1.11. The second-order valence-electron chi connectivity index (χ2n) is 15.4. The van der Waals surface area contributed by atoms with Crippen molar-refractivity contribution in [1.29, 1.82) is 0 Å². The summed E-state index contributed by atoms with van der Waals surface area (Å²) in [4.78, 5) is 26.4. The summed E-state index contributed by atoms with van der Waals surface area (Å²) in [6.07, 6.45) is 0. The Bertz CT molecular complexity index is 3290. The van der Waals surface area contributed by atoms with E-state index in [1.807, 2.05) is 84.9 Å². The van der Waals surface area contributed by atoms with Crippen molar-refractivity contribution in [2.75, 3.05) is 9.80 Å². The van der Waals surface area contributed by atoms with Gasteiger partial charge in [0.05, 0.1) is 44.8 Å². The SMILES string of the molecule is c1ccc(-c2cc3nc4c5ccc(N6c7ccccc7Oc7ccccc76)nc5c5nc(N6c7ccccc7Oc7ccccc76)ccc5c4nc3cc2-c2ccccc2)cc1. The number of hydrogen-bond donors (Lipinski definition) is 0. The minimum absolute atomic E-state index is 0.709. The van der Waals surface area contributed by atoms with Crippen molar-refractivity contribution < 1.29 is 9.47 Å². The maximum Gasteiger partial charge on any atom is 0.151 e. The van der Waals surface area contributed by atoms with Crippen LogP contribution in [0.1, 0.15) is 0 Å². The monoisotopic (exact) mass is 796 g/mol. The molecule has 0 bridgehead atoms. The van der Waals surface area contributed by atoms with Crippen molar-refractivity contribution in [3.05, 3.63) is 194 Å². The topological polar surface area (TPSA) is 76.5 Å². The van der Waals surface area contributed by atoms with Crippen molar-refractivity contribution in [3.63, 3.8) is 0 Å². The highest BCUT2D eigenvalue weighted by atomic mass is 16.5. The second kappa shape index (κ2) is 13.5. The number of nitrogens with zero attached hydrogens (tertiary/aromatic N) is 6. The van der Waals surface area contributed by atoms with E-state index in [1.165, 1.54) is 0 Å². The van der Waals surface area contributed by atoms with E-state index in [-0.39, 0.29) is 0 Å². The zero-order valence-electron chi connectivity index (χ0n) is 33.0. The van der Waals surface area contributed by atoms with Crippen LogP contribution in [0.15, 0.2) is 194 Å². The lowest BCUT2D eigenvalue weighted by molar-refractivity contribution is 0.476. The van der Waals surface area contributed by atoms with Gasteiger partial charge < -0.3 is 9.47 Å². The lowest BCUT2D eigenvalue weighted by Gasteiger charge is -2.32. The second-order valence-corrected chi connectivity index (χ2v) is 15.4. The molecule has 0 N–H and O–H groups in total. The molecule has 5 heterocycles. The fraction of sp³-hybridized carbons (Fsp3) is 0. The van der Waals surface area contributed by atoms with Crippen LogP contribution in [0.25, 0.3) is 66.1 Å². The van der Waals surface area contributed by atoms with Gasteiger partial charge in [0.25, 0.3) is 0 Å². The minimum Gasteiger partial charge on any atom is -0.453 e. The Hall–Kier alpha value is -8.62. The van der Waals surface area contributed by atoms with Crippen LogP contribution in [0, 0.1) is 0 Å². The van der Waals surface area contributed by atoms with Gasteiger partial charge in [-0.15, -0.1) is 0 Å². The number of benzene rings is 8. The first-order chi connectivity index (χ1) is 30.7. The Labute approximate surface area is 355 Å². The number of hydrogen-bond acceptors (Lipinski definition) is 8. The molecule has 3 aromatic heterocycles. The Morgan fingerprint density at radius 1 is 0.306 bits per heavy atom. The summed E-state index contributed by atoms with van der Waals surface area (Å²) in [6.45, 7) is 0. The van der Waals surface area contributed by atoms with Crippen LogP contribution in [0.4, 0.5) is 34.4 Å². The van der Waals surface area contributed by atoms with Gasteiger partial charge in [-0.2, -0.15) is 0 Å². The molecule has 290 valence electrons. The van der Waals surface area contributed by atoms with Crippen LogP contribution in [-0.2, 0) is 0 Å². The van der Waals surface area contributed by atoms with Crippen LogP contribution in [0.2, 0.25) is 0 Å². The number of pyridine rings is 2. The van der Waals surface area contributed by atoms with Crippen molar-refractivity contribution in [2.24, 2.45) is 0 Å². The van der Waals surface area contributed by atoms with E-state index in [1.54, 1.807) is 0 Å². The van der Waals surface area contributed by atoms with Crippen LogP contribution in [-0.4, -0.2) is 19.9 Å². The predicted octanol–water partition coefficient (Wildman–Crippen LogP) is 14.4. The van der Waals surface area contributed by atoms with Crippen molar-refractivity contribution >= 4 is 78.3 Å². The average Bonchev–Trinajstić information content (AvgIpc) is 3.34. The average molecular weight is 797 g/mol. The van der Waals surface area contributed by atoms with E-state index < -0.39 is 0 Å². The summed E-state index contributed by atoms with van der Waals surface area (Å²) in [5.74, 6) is 4.46. The first-order valence-corrected chi connectivity index (χ1v) is 20.6. The van der Waals surface area contributed by atoms with E-state index in [9.17, 15) is 0 Å². The summed E-state index contributed by atoms with van der Waals surface area (Å²) in [6, 6.07) is 65.9. The van der Waals surface area contributed by atoms with E-state index in [0.717, 1.165) is 112 Å². The third kappa shape index (κ3) is 5.27. The highest BCUT2D eigenvalue weighted by Gasteiger charge is 2.29. The molecule has 0 radical (unpaired) electrons. The molecule has 8 nitrogen and oxygen atoms in total. The van der Waals surface area contributed by atoms with E-state index in [2.05, 4.69) is 119 Å². The Kier molecular flexibility index (Phi) is 7.43. The first-order valence-electron chi connectivity index (χ1n) is 20.6. The fourth-order valence-electron chi connectivity index (χ4n) is 8.98. The molecule has 0 fully saturated rings. The molecular formula is C54H32N6O2.